The van der Waals surface area contributed by atoms with Crippen LogP contribution in [0.5, 0.6) is 5.75 Å². The van der Waals surface area contributed by atoms with Gasteiger partial charge in [-0.05, 0) is 65.9 Å². The Balaban J connectivity index is 1.31. The van der Waals surface area contributed by atoms with E-state index in [4.69, 9.17) is 4.74 Å². The average Bonchev–Trinajstić information content (AvgIpc) is 3.04. The predicted octanol–water partition coefficient (Wildman–Crippen LogP) is 3.12. The Hall–Kier alpha value is -2.81. The molecule has 0 atom stereocenters. The van der Waals surface area contributed by atoms with Crippen LogP contribution in [-0.4, -0.2) is 54.3 Å². The lowest BCUT2D eigenvalue weighted by Crippen LogP contribution is -2.28. The van der Waals surface area contributed by atoms with Gasteiger partial charge in [0.1, 0.15) is 5.75 Å². The zero-order chi connectivity index (χ0) is 22.4. The molecule has 1 aliphatic heterocycles. The van der Waals surface area contributed by atoms with Crippen LogP contribution in [0.3, 0.4) is 0 Å². The van der Waals surface area contributed by atoms with E-state index in [1.54, 1.807) is 25.4 Å². The summed E-state index contributed by atoms with van der Waals surface area (Å²) < 4.78 is 31.7. The van der Waals surface area contributed by atoms with Crippen molar-refractivity contribution in [3.05, 3.63) is 83.9 Å². The first kappa shape index (κ1) is 22.4. The van der Waals surface area contributed by atoms with Gasteiger partial charge in [-0.25, -0.2) is 8.42 Å². The molecule has 1 aromatic carbocycles. The van der Waals surface area contributed by atoms with Crippen LogP contribution in [0.15, 0.2) is 72.1 Å². The van der Waals surface area contributed by atoms with Gasteiger partial charge in [0.2, 0.25) is 10.0 Å². The molecule has 7 nitrogen and oxygen atoms in total. The van der Waals surface area contributed by atoms with Crippen LogP contribution in [0.2, 0.25) is 0 Å². The standard InChI is InChI=1S/C24H28N4O3S/c1-27-19-22-16-23(5-6-24(22)32(27,29)30)31-15-3-13-28(18-21-7-11-25-12-8-21)14-9-20-4-2-10-26-17-20/h2,4-8,10-12,16-17H,3,9,13-15,18-19H2,1H3. The summed E-state index contributed by atoms with van der Waals surface area (Å²) in [5, 5.41) is 0. The summed E-state index contributed by atoms with van der Waals surface area (Å²) >= 11 is 0. The van der Waals surface area contributed by atoms with E-state index in [0.717, 1.165) is 38.0 Å². The highest BCUT2D eigenvalue weighted by Gasteiger charge is 2.31. The fourth-order valence-electron chi connectivity index (χ4n) is 3.84. The number of hydrogen-bond donors (Lipinski definition) is 0. The highest BCUT2D eigenvalue weighted by Crippen LogP contribution is 2.31. The maximum absolute atomic E-state index is 12.2. The summed E-state index contributed by atoms with van der Waals surface area (Å²) in [6.07, 6.45) is 9.16. The summed E-state index contributed by atoms with van der Waals surface area (Å²) in [6, 6.07) is 13.4. The monoisotopic (exact) mass is 452 g/mol. The van der Waals surface area contributed by atoms with Crippen molar-refractivity contribution in [2.24, 2.45) is 0 Å². The summed E-state index contributed by atoms with van der Waals surface area (Å²) in [5.74, 6) is 0.713. The Morgan fingerprint density at radius 1 is 1.03 bits per heavy atom. The maximum Gasteiger partial charge on any atom is 0.243 e. The molecule has 3 heterocycles. The minimum Gasteiger partial charge on any atom is -0.494 e. The van der Waals surface area contributed by atoms with Gasteiger partial charge >= 0.3 is 0 Å². The van der Waals surface area contributed by atoms with Gasteiger partial charge in [-0.2, -0.15) is 4.31 Å². The third-order valence-corrected chi connectivity index (χ3v) is 7.50. The van der Waals surface area contributed by atoms with Crippen LogP contribution < -0.4 is 4.74 Å². The average molecular weight is 453 g/mol. The first-order valence-corrected chi connectivity index (χ1v) is 12.2. The van der Waals surface area contributed by atoms with Gasteiger partial charge in [-0.15, -0.1) is 0 Å². The molecule has 4 rings (SSSR count). The summed E-state index contributed by atoms with van der Waals surface area (Å²) in [4.78, 5) is 11.1. The molecule has 0 aliphatic carbocycles. The molecule has 0 saturated carbocycles. The lowest BCUT2D eigenvalue weighted by Gasteiger charge is -2.22. The van der Waals surface area contributed by atoms with Crippen molar-refractivity contribution >= 4 is 10.0 Å². The number of fused-ring (bicyclic) bond motifs is 1. The third kappa shape index (κ3) is 5.51. The zero-order valence-corrected chi connectivity index (χ0v) is 19.0. The first-order chi connectivity index (χ1) is 15.5. The van der Waals surface area contributed by atoms with Crippen molar-refractivity contribution in [2.45, 2.75) is 30.8 Å². The second-order valence-corrected chi connectivity index (χ2v) is 9.99. The fraction of sp³-hybridized carbons (Fsp3) is 0.333. The van der Waals surface area contributed by atoms with Gasteiger partial charge in [-0.1, -0.05) is 6.07 Å². The molecular weight excluding hydrogens is 424 g/mol. The molecule has 0 fully saturated rings. The number of nitrogens with zero attached hydrogens (tertiary/aromatic N) is 4. The number of pyridine rings is 2. The minimum atomic E-state index is -3.33. The van der Waals surface area contributed by atoms with Crippen LogP contribution >= 0.6 is 0 Å². The SMILES string of the molecule is CN1Cc2cc(OCCCN(CCc3cccnc3)Cc3ccncc3)ccc2S1(=O)=O. The maximum atomic E-state index is 12.2. The molecule has 0 N–H and O–H groups in total. The Morgan fingerprint density at radius 2 is 1.88 bits per heavy atom. The number of ether oxygens (including phenoxy) is 1. The van der Waals surface area contributed by atoms with E-state index in [-0.39, 0.29) is 0 Å². The van der Waals surface area contributed by atoms with E-state index in [1.807, 2.05) is 42.9 Å². The van der Waals surface area contributed by atoms with Crippen LogP contribution in [0.4, 0.5) is 0 Å². The quantitative estimate of drug-likeness (QED) is 0.440. The Bertz CT molecular complexity index is 1120. The molecule has 0 spiro atoms. The van der Waals surface area contributed by atoms with Gasteiger partial charge in [-0.3, -0.25) is 14.9 Å². The summed E-state index contributed by atoms with van der Waals surface area (Å²) in [5.41, 5.74) is 3.25. The first-order valence-electron chi connectivity index (χ1n) is 10.7. The summed E-state index contributed by atoms with van der Waals surface area (Å²) in [7, 11) is -1.74. The second-order valence-electron chi connectivity index (χ2n) is 7.98. The smallest absolute Gasteiger partial charge is 0.243 e. The highest BCUT2D eigenvalue weighted by molar-refractivity contribution is 7.89. The molecule has 0 radical (unpaired) electrons. The van der Waals surface area contributed by atoms with Crippen molar-refractivity contribution in [1.29, 1.82) is 0 Å². The molecule has 32 heavy (non-hydrogen) atoms. The Morgan fingerprint density at radius 3 is 2.66 bits per heavy atom. The number of hydrogen-bond acceptors (Lipinski definition) is 6. The summed E-state index contributed by atoms with van der Waals surface area (Å²) in [6.45, 7) is 3.64. The van der Waals surface area contributed by atoms with Crippen molar-refractivity contribution in [2.75, 3.05) is 26.7 Å². The lowest BCUT2D eigenvalue weighted by molar-refractivity contribution is 0.229. The van der Waals surface area contributed by atoms with Gasteiger partial charge in [0.25, 0.3) is 0 Å². The topological polar surface area (TPSA) is 75.6 Å². The zero-order valence-electron chi connectivity index (χ0n) is 18.2. The van der Waals surface area contributed by atoms with Crippen LogP contribution in [0.25, 0.3) is 0 Å². The molecular formula is C24H28N4O3S. The van der Waals surface area contributed by atoms with Crippen LogP contribution in [0.1, 0.15) is 23.1 Å². The minimum absolute atomic E-state index is 0.381. The van der Waals surface area contributed by atoms with E-state index in [1.165, 1.54) is 15.4 Å². The number of aromatic nitrogens is 2. The van der Waals surface area contributed by atoms with Crippen molar-refractivity contribution in [3.8, 4) is 5.75 Å². The van der Waals surface area contributed by atoms with Crippen LogP contribution in [0, 0.1) is 0 Å². The molecule has 8 heteroatoms. The fourth-order valence-corrected chi connectivity index (χ4v) is 5.18. The molecule has 3 aromatic rings. The van der Waals surface area contributed by atoms with Crippen LogP contribution in [-0.2, 0) is 29.5 Å². The Labute approximate surface area is 189 Å². The predicted molar refractivity (Wildman–Crippen MR) is 123 cm³/mol. The van der Waals surface area contributed by atoms with Crippen molar-refractivity contribution in [1.82, 2.24) is 19.2 Å². The molecule has 168 valence electrons. The van der Waals surface area contributed by atoms with E-state index in [0.29, 0.717) is 23.8 Å². The number of sulfonamides is 1. The van der Waals surface area contributed by atoms with E-state index >= 15 is 0 Å². The molecule has 0 bridgehead atoms. The number of rotatable bonds is 10. The molecule has 2 aromatic heterocycles. The van der Waals surface area contributed by atoms with Crippen molar-refractivity contribution < 1.29 is 13.2 Å². The number of benzene rings is 1. The molecule has 0 unspecified atom stereocenters. The van der Waals surface area contributed by atoms with Crippen molar-refractivity contribution in [3.63, 3.8) is 0 Å². The van der Waals surface area contributed by atoms with Gasteiger partial charge < -0.3 is 4.74 Å². The lowest BCUT2D eigenvalue weighted by atomic mass is 10.2. The Kier molecular flexibility index (Phi) is 7.14. The molecule has 0 amide bonds. The van der Waals surface area contributed by atoms with E-state index in [2.05, 4.69) is 20.9 Å². The second kappa shape index (κ2) is 10.2. The third-order valence-electron chi connectivity index (χ3n) is 5.60. The normalized spacial score (nSPS) is 15.1. The molecule has 0 saturated heterocycles. The van der Waals surface area contributed by atoms with Gasteiger partial charge in [0.15, 0.2) is 0 Å². The van der Waals surface area contributed by atoms with E-state index < -0.39 is 10.0 Å². The van der Waals surface area contributed by atoms with Gasteiger partial charge in [0, 0.05) is 58.0 Å². The highest BCUT2D eigenvalue weighted by atomic mass is 32.2. The molecule has 1 aliphatic rings. The largest absolute Gasteiger partial charge is 0.494 e. The van der Waals surface area contributed by atoms with E-state index in [9.17, 15) is 8.42 Å². The van der Waals surface area contributed by atoms with Gasteiger partial charge in [0.05, 0.1) is 11.5 Å².